The van der Waals surface area contributed by atoms with Gasteiger partial charge in [-0.1, -0.05) is 6.07 Å². The van der Waals surface area contributed by atoms with Gasteiger partial charge in [0.05, 0.1) is 15.8 Å². The summed E-state index contributed by atoms with van der Waals surface area (Å²) >= 11 is 0. The van der Waals surface area contributed by atoms with Crippen LogP contribution in [0.5, 0.6) is 0 Å². The Morgan fingerprint density at radius 1 is 1.47 bits per heavy atom. The summed E-state index contributed by atoms with van der Waals surface area (Å²) in [5.41, 5.74) is 0.737. The maximum Gasteiger partial charge on any atom is 0.278 e. The van der Waals surface area contributed by atoms with Crippen LogP contribution in [0.15, 0.2) is 30.5 Å². The molecule has 6 nitrogen and oxygen atoms in total. The largest absolute Gasteiger partial charge is 0.358 e. The Kier molecular flexibility index (Phi) is 2.78. The minimum absolute atomic E-state index is 0.0538. The monoisotopic (exact) mass is 233 g/mol. The lowest BCUT2D eigenvalue weighted by atomic mass is 10.2. The Labute approximate surface area is 97.0 Å². The van der Waals surface area contributed by atoms with E-state index in [9.17, 15) is 14.9 Å². The van der Waals surface area contributed by atoms with Crippen LogP contribution in [0.4, 0.5) is 5.69 Å². The van der Waals surface area contributed by atoms with E-state index in [4.69, 9.17) is 0 Å². The molecule has 1 aromatic carbocycles. The molecule has 0 aliphatic rings. The van der Waals surface area contributed by atoms with Crippen molar-refractivity contribution in [3.8, 4) is 0 Å². The van der Waals surface area contributed by atoms with Gasteiger partial charge >= 0.3 is 0 Å². The van der Waals surface area contributed by atoms with Crippen molar-refractivity contribution in [1.82, 2.24) is 9.88 Å². The van der Waals surface area contributed by atoms with Gasteiger partial charge in [0, 0.05) is 19.3 Å². The lowest BCUT2D eigenvalue weighted by Crippen LogP contribution is -2.22. The van der Waals surface area contributed by atoms with Crippen molar-refractivity contribution in [2.45, 2.75) is 6.54 Å². The van der Waals surface area contributed by atoms with E-state index in [2.05, 4.69) is 5.32 Å². The third kappa shape index (κ3) is 1.96. The van der Waals surface area contributed by atoms with Gasteiger partial charge in [-0.2, -0.15) is 0 Å². The molecule has 0 fully saturated rings. The number of carbonyl (C=O) groups excluding carboxylic acids is 1. The number of hydrogen-bond donors (Lipinski definition) is 1. The summed E-state index contributed by atoms with van der Waals surface area (Å²) in [7, 11) is 1.55. The van der Waals surface area contributed by atoms with Crippen LogP contribution in [0.3, 0.4) is 0 Å². The molecule has 1 aromatic heterocycles. The van der Waals surface area contributed by atoms with E-state index >= 15 is 0 Å². The third-order valence-electron chi connectivity index (χ3n) is 2.58. The Morgan fingerprint density at radius 3 is 2.88 bits per heavy atom. The number of rotatable bonds is 3. The van der Waals surface area contributed by atoms with Gasteiger partial charge < -0.3 is 9.88 Å². The number of benzene rings is 1. The minimum Gasteiger partial charge on any atom is -0.358 e. The number of nitro groups is 1. The minimum atomic E-state index is -0.424. The highest BCUT2D eigenvalue weighted by molar-refractivity contribution is 5.90. The van der Waals surface area contributed by atoms with Crippen molar-refractivity contribution in [2.24, 2.45) is 0 Å². The fraction of sp³-hybridized carbons (Fsp3) is 0.182. The van der Waals surface area contributed by atoms with Crippen molar-refractivity contribution in [2.75, 3.05) is 7.05 Å². The first kappa shape index (κ1) is 11.1. The quantitative estimate of drug-likeness (QED) is 0.641. The molecule has 88 valence electrons. The molecule has 0 aliphatic carbocycles. The van der Waals surface area contributed by atoms with E-state index in [1.807, 2.05) is 0 Å². The number of likely N-dealkylation sites (N-methyl/N-ethyl adjacent to an activating group) is 1. The van der Waals surface area contributed by atoms with Gasteiger partial charge in [-0.15, -0.1) is 0 Å². The Hall–Kier alpha value is -2.37. The van der Waals surface area contributed by atoms with Gasteiger partial charge in [0.25, 0.3) is 5.69 Å². The van der Waals surface area contributed by atoms with Crippen LogP contribution < -0.4 is 5.32 Å². The molecule has 6 heteroatoms. The molecule has 0 saturated carbocycles. The highest BCUT2D eigenvalue weighted by atomic mass is 16.6. The average Bonchev–Trinajstić information content (AvgIpc) is 2.72. The van der Waals surface area contributed by atoms with E-state index < -0.39 is 4.92 Å². The Morgan fingerprint density at radius 2 is 2.24 bits per heavy atom. The van der Waals surface area contributed by atoms with E-state index in [0.29, 0.717) is 10.9 Å². The number of fused-ring (bicyclic) bond motifs is 1. The zero-order valence-corrected chi connectivity index (χ0v) is 9.21. The van der Waals surface area contributed by atoms with Gasteiger partial charge in [-0.25, -0.2) is 0 Å². The summed E-state index contributed by atoms with van der Waals surface area (Å²) < 4.78 is 1.68. The summed E-state index contributed by atoms with van der Waals surface area (Å²) in [5, 5.41) is 13.9. The molecule has 0 atom stereocenters. The zero-order valence-electron chi connectivity index (χ0n) is 9.21. The third-order valence-corrected chi connectivity index (χ3v) is 2.58. The highest BCUT2D eigenvalue weighted by Gasteiger charge is 2.14. The summed E-state index contributed by atoms with van der Waals surface area (Å²) in [6.45, 7) is 0.154. The van der Waals surface area contributed by atoms with Gasteiger partial charge in [0.2, 0.25) is 5.91 Å². The van der Waals surface area contributed by atoms with Crippen molar-refractivity contribution >= 4 is 22.5 Å². The van der Waals surface area contributed by atoms with Gasteiger partial charge in [-0.3, -0.25) is 14.9 Å². The van der Waals surface area contributed by atoms with Crippen LogP contribution in [-0.4, -0.2) is 22.4 Å². The molecule has 0 spiro atoms. The molecule has 1 amide bonds. The smallest absolute Gasteiger partial charge is 0.278 e. The van der Waals surface area contributed by atoms with Crippen LogP contribution in [0.2, 0.25) is 0 Å². The maximum atomic E-state index is 11.3. The standard InChI is InChI=1S/C11H11N3O3/c1-12-11(15)7-13-6-5-8-9(13)3-2-4-10(8)14(16)17/h2-6H,7H2,1H3,(H,12,15). The lowest BCUT2D eigenvalue weighted by Gasteiger charge is -2.03. The first-order valence-electron chi connectivity index (χ1n) is 5.06. The molecule has 0 aliphatic heterocycles. The number of nitro benzene ring substituents is 1. The topological polar surface area (TPSA) is 77.2 Å². The molecular formula is C11H11N3O3. The first-order chi connectivity index (χ1) is 8.13. The number of amides is 1. The van der Waals surface area contributed by atoms with Crippen LogP contribution in [0.25, 0.3) is 10.9 Å². The van der Waals surface area contributed by atoms with Gasteiger partial charge in [-0.05, 0) is 12.1 Å². The second-order valence-electron chi connectivity index (χ2n) is 3.58. The van der Waals surface area contributed by atoms with Crippen LogP contribution in [0, 0.1) is 10.1 Å². The Balaban J connectivity index is 2.51. The van der Waals surface area contributed by atoms with Crippen LogP contribution in [-0.2, 0) is 11.3 Å². The van der Waals surface area contributed by atoms with Crippen LogP contribution >= 0.6 is 0 Å². The lowest BCUT2D eigenvalue weighted by molar-refractivity contribution is -0.383. The fourth-order valence-corrected chi connectivity index (χ4v) is 1.74. The van der Waals surface area contributed by atoms with Crippen molar-refractivity contribution in [3.63, 3.8) is 0 Å². The SMILES string of the molecule is CNC(=O)Cn1ccc2c([N+](=O)[O-])cccc21. The Bertz CT molecular complexity index is 589. The number of non-ortho nitro benzene ring substituents is 1. The molecule has 0 radical (unpaired) electrons. The predicted molar refractivity (Wildman–Crippen MR) is 62.7 cm³/mol. The number of carbonyl (C=O) groups is 1. The normalized spacial score (nSPS) is 10.4. The molecule has 2 aromatic rings. The van der Waals surface area contributed by atoms with Crippen molar-refractivity contribution in [3.05, 3.63) is 40.6 Å². The molecule has 1 N–H and O–H groups in total. The second-order valence-corrected chi connectivity index (χ2v) is 3.58. The maximum absolute atomic E-state index is 11.3. The van der Waals surface area contributed by atoms with Gasteiger partial charge in [0.1, 0.15) is 6.54 Å². The highest BCUT2D eigenvalue weighted by Crippen LogP contribution is 2.25. The van der Waals surface area contributed by atoms with Gasteiger partial charge in [0.15, 0.2) is 0 Å². The molecule has 17 heavy (non-hydrogen) atoms. The molecule has 0 unspecified atom stereocenters. The summed E-state index contributed by atoms with van der Waals surface area (Å²) in [5.74, 6) is -0.144. The first-order valence-corrected chi connectivity index (χ1v) is 5.06. The molecule has 0 bridgehead atoms. The molecule has 2 rings (SSSR count). The molecule has 1 heterocycles. The summed E-state index contributed by atoms with van der Waals surface area (Å²) in [4.78, 5) is 21.7. The number of hydrogen-bond acceptors (Lipinski definition) is 3. The van der Waals surface area contributed by atoms with E-state index in [0.717, 1.165) is 0 Å². The van der Waals surface area contributed by atoms with Crippen molar-refractivity contribution in [1.29, 1.82) is 0 Å². The molecular weight excluding hydrogens is 222 g/mol. The predicted octanol–water partition coefficient (Wildman–Crippen LogP) is 1.30. The molecule has 0 saturated heterocycles. The average molecular weight is 233 g/mol. The van der Waals surface area contributed by atoms with E-state index in [-0.39, 0.29) is 18.1 Å². The second kappa shape index (κ2) is 4.25. The number of aromatic nitrogens is 1. The van der Waals surface area contributed by atoms with E-state index in [1.54, 1.807) is 36.0 Å². The summed E-state index contributed by atoms with van der Waals surface area (Å²) in [6.07, 6.45) is 1.67. The number of nitrogens with one attached hydrogen (secondary N) is 1. The summed E-state index contributed by atoms with van der Waals surface area (Å²) in [6, 6.07) is 6.47. The zero-order chi connectivity index (χ0) is 12.4. The fourth-order valence-electron chi connectivity index (χ4n) is 1.74. The van der Waals surface area contributed by atoms with E-state index in [1.165, 1.54) is 6.07 Å². The van der Waals surface area contributed by atoms with Crippen molar-refractivity contribution < 1.29 is 9.72 Å². The van der Waals surface area contributed by atoms with Crippen LogP contribution in [0.1, 0.15) is 0 Å². The number of nitrogens with zero attached hydrogens (tertiary/aromatic N) is 2.